The number of aromatic nitrogens is 1. The predicted octanol–water partition coefficient (Wildman–Crippen LogP) is 4.02. The minimum Gasteiger partial charge on any atom is -0.357 e. The lowest BCUT2D eigenvalue weighted by Crippen LogP contribution is -2.38. The molecule has 1 aromatic heterocycles. The molecule has 1 heterocycles. The molecule has 6 heteroatoms. The van der Waals surface area contributed by atoms with Crippen LogP contribution in [0.5, 0.6) is 0 Å². The summed E-state index contributed by atoms with van der Waals surface area (Å²) in [6, 6.07) is 8.65. The summed E-state index contributed by atoms with van der Waals surface area (Å²) in [6.45, 7) is 8.77. The number of thiazole rings is 1. The Hall–Kier alpha value is -1.15. The van der Waals surface area contributed by atoms with Gasteiger partial charge in [0, 0.05) is 44.2 Å². The largest absolute Gasteiger partial charge is 0.357 e. The number of aliphatic imine (C=N–C) groups is 1. The molecule has 0 atom stereocenters. The van der Waals surface area contributed by atoms with Gasteiger partial charge in [-0.25, -0.2) is 4.98 Å². The summed E-state index contributed by atoms with van der Waals surface area (Å²) in [4.78, 5) is 12.5. The van der Waals surface area contributed by atoms with E-state index in [4.69, 9.17) is 4.99 Å². The maximum absolute atomic E-state index is 4.73. The standard InChI is InChI=1S/C18H26N4S.HI/c1-5-19-18(20-11-10-17-21-12-15(3)23-17)22(4)13-16-8-6-14(2)7-9-16;/h6-9,12H,5,10-11,13H2,1-4H3,(H,19,20);1H. The lowest BCUT2D eigenvalue weighted by Gasteiger charge is -2.22. The number of halogens is 1. The zero-order valence-electron chi connectivity index (χ0n) is 14.9. The highest BCUT2D eigenvalue weighted by atomic mass is 127. The Labute approximate surface area is 166 Å². The first kappa shape index (κ1) is 20.9. The van der Waals surface area contributed by atoms with Crippen molar-refractivity contribution in [2.75, 3.05) is 20.1 Å². The predicted molar refractivity (Wildman–Crippen MR) is 115 cm³/mol. The van der Waals surface area contributed by atoms with Crippen LogP contribution in [0.2, 0.25) is 0 Å². The van der Waals surface area contributed by atoms with Crippen LogP contribution in [0, 0.1) is 13.8 Å². The molecule has 2 rings (SSSR count). The first-order valence-electron chi connectivity index (χ1n) is 8.04. The van der Waals surface area contributed by atoms with Gasteiger partial charge >= 0.3 is 0 Å². The van der Waals surface area contributed by atoms with Crippen molar-refractivity contribution in [2.45, 2.75) is 33.7 Å². The molecule has 0 bridgehead atoms. The number of benzene rings is 1. The maximum Gasteiger partial charge on any atom is 0.193 e. The van der Waals surface area contributed by atoms with E-state index >= 15 is 0 Å². The number of guanidine groups is 1. The number of rotatable bonds is 6. The minimum atomic E-state index is 0. The summed E-state index contributed by atoms with van der Waals surface area (Å²) in [5, 5.41) is 4.52. The Morgan fingerprint density at radius 2 is 1.96 bits per heavy atom. The molecule has 0 aliphatic heterocycles. The summed E-state index contributed by atoms with van der Waals surface area (Å²) < 4.78 is 0. The van der Waals surface area contributed by atoms with Crippen LogP contribution in [0.3, 0.4) is 0 Å². The third-order valence-electron chi connectivity index (χ3n) is 3.49. The normalized spacial score (nSPS) is 11.1. The summed E-state index contributed by atoms with van der Waals surface area (Å²) in [7, 11) is 2.08. The molecule has 4 nitrogen and oxygen atoms in total. The van der Waals surface area contributed by atoms with Crippen molar-refractivity contribution in [3.05, 3.63) is 51.5 Å². The van der Waals surface area contributed by atoms with Gasteiger partial charge in [0.1, 0.15) is 0 Å². The summed E-state index contributed by atoms with van der Waals surface area (Å²) in [5.41, 5.74) is 2.58. The van der Waals surface area contributed by atoms with Crippen LogP contribution in [0.15, 0.2) is 35.5 Å². The molecule has 0 radical (unpaired) electrons. The molecule has 1 aromatic carbocycles. The van der Waals surface area contributed by atoms with Crippen molar-refractivity contribution in [2.24, 2.45) is 4.99 Å². The SMILES string of the molecule is CCNC(=NCCc1ncc(C)s1)N(C)Cc1ccc(C)cc1.I. The topological polar surface area (TPSA) is 40.5 Å². The second-order valence-corrected chi connectivity index (χ2v) is 7.01. The lowest BCUT2D eigenvalue weighted by molar-refractivity contribution is 0.477. The summed E-state index contributed by atoms with van der Waals surface area (Å²) >= 11 is 1.75. The monoisotopic (exact) mass is 458 g/mol. The van der Waals surface area contributed by atoms with Gasteiger partial charge in [0.2, 0.25) is 0 Å². The van der Waals surface area contributed by atoms with Gasteiger partial charge in [-0.05, 0) is 26.3 Å². The van der Waals surface area contributed by atoms with E-state index in [0.29, 0.717) is 0 Å². The summed E-state index contributed by atoms with van der Waals surface area (Å²) in [6.07, 6.45) is 2.82. The molecule has 1 N–H and O–H groups in total. The summed E-state index contributed by atoms with van der Waals surface area (Å²) in [5.74, 6) is 0.946. The van der Waals surface area contributed by atoms with Gasteiger partial charge in [-0.3, -0.25) is 4.99 Å². The zero-order chi connectivity index (χ0) is 16.7. The third kappa shape index (κ3) is 6.76. The van der Waals surface area contributed by atoms with Crippen molar-refractivity contribution >= 4 is 41.3 Å². The average molecular weight is 458 g/mol. The van der Waals surface area contributed by atoms with Gasteiger partial charge in [0.05, 0.1) is 5.01 Å². The molecule has 0 saturated heterocycles. The van der Waals surface area contributed by atoms with Crippen LogP contribution < -0.4 is 5.32 Å². The molecular formula is C18H27IN4S. The van der Waals surface area contributed by atoms with E-state index in [0.717, 1.165) is 37.0 Å². The lowest BCUT2D eigenvalue weighted by atomic mass is 10.1. The van der Waals surface area contributed by atoms with Gasteiger partial charge in [-0.1, -0.05) is 29.8 Å². The maximum atomic E-state index is 4.73. The van der Waals surface area contributed by atoms with E-state index in [-0.39, 0.29) is 24.0 Å². The van der Waals surface area contributed by atoms with Crippen molar-refractivity contribution in [1.82, 2.24) is 15.2 Å². The van der Waals surface area contributed by atoms with Crippen LogP contribution >= 0.6 is 35.3 Å². The van der Waals surface area contributed by atoms with Crippen LogP contribution in [-0.2, 0) is 13.0 Å². The molecule has 132 valence electrons. The van der Waals surface area contributed by atoms with Crippen LogP contribution in [-0.4, -0.2) is 36.0 Å². The zero-order valence-corrected chi connectivity index (χ0v) is 18.0. The molecular weight excluding hydrogens is 431 g/mol. The van der Waals surface area contributed by atoms with Crippen molar-refractivity contribution in [1.29, 1.82) is 0 Å². The first-order chi connectivity index (χ1) is 11.1. The van der Waals surface area contributed by atoms with Gasteiger partial charge in [-0.2, -0.15) is 0 Å². The fraction of sp³-hybridized carbons (Fsp3) is 0.444. The molecule has 0 fully saturated rings. The molecule has 2 aromatic rings. The fourth-order valence-electron chi connectivity index (χ4n) is 2.29. The smallest absolute Gasteiger partial charge is 0.193 e. The number of nitrogens with one attached hydrogen (secondary N) is 1. The Kier molecular flexibility index (Phi) is 9.28. The minimum absolute atomic E-state index is 0. The van der Waals surface area contributed by atoms with Crippen LogP contribution in [0.4, 0.5) is 0 Å². The number of hydrogen-bond acceptors (Lipinski definition) is 3. The molecule has 0 aliphatic rings. The van der Waals surface area contributed by atoms with Crippen molar-refractivity contribution in [3.8, 4) is 0 Å². The number of aryl methyl sites for hydroxylation is 2. The molecule has 24 heavy (non-hydrogen) atoms. The van der Waals surface area contributed by atoms with Gasteiger partial charge in [0.15, 0.2) is 5.96 Å². The van der Waals surface area contributed by atoms with Crippen molar-refractivity contribution in [3.63, 3.8) is 0 Å². The third-order valence-corrected chi connectivity index (χ3v) is 4.47. The Balaban J connectivity index is 0.00000288. The van der Waals surface area contributed by atoms with Gasteiger partial charge in [0.25, 0.3) is 0 Å². The van der Waals surface area contributed by atoms with Crippen LogP contribution in [0.1, 0.15) is 27.9 Å². The number of nitrogens with zero attached hydrogens (tertiary/aromatic N) is 3. The van der Waals surface area contributed by atoms with Gasteiger partial charge in [-0.15, -0.1) is 35.3 Å². The van der Waals surface area contributed by atoms with E-state index in [9.17, 15) is 0 Å². The van der Waals surface area contributed by atoms with E-state index in [1.54, 1.807) is 11.3 Å². The Bertz CT molecular complexity index is 637. The molecule has 0 amide bonds. The van der Waals surface area contributed by atoms with E-state index < -0.39 is 0 Å². The molecule has 0 aliphatic carbocycles. The Morgan fingerprint density at radius 1 is 1.25 bits per heavy atom. The van der Waals surface area contributed by atoms with E-state index in [2.05, 4.69) is 67.3 Å². The average Bonchev–Trinajstić information content (AvgIpc) is 2.94. The first-order valence-corrected chi connectivity index (χ1v) is 8.86. The second-order valence-electron chi connectivity index (χ2n) is 5.69. The number of hydrogen-bond donors (Lipinski definition) is 1. The Morgan fingerprint density at radius 3 is 2.54 bits per heavy atom. The molecule has 0 unspecified atom stereocenters. The van der Waals surface area contributed by atoms with Crippen molar-refractivity contribution < 1.29 is 0 Å². The van der Waals surface area contributed by atoms with E-state index in [1.165, 1.54) is 16.0 Å². The molecule has 0 spiro atoms. The highest BCUT2D eigenvalue weighted by Crippen LogP contribution is 2.11. The quantitative estimate of drug-likeness (QED) is 0.404. The second kappa shape index (κ2) is 10.7. The molecule has 0 saturated carbocycles. The highest BCUT2D eigenvalue weighted by molar-refractivity contribution is 14.0. The highest BCUT2D eigenvalue weighted by Gasteiger charge is 2.06. The fourth-order valence-corrected chi connectivity index (χ4v) is 3.06. The van der Waals surface area contributed by atoms with Crippen LogP contribution in [0.25, 0.3) is 0 Å². The van der Waals surface area contributed by atoms with Gasteiger partial charge < -0.3 is 10.2 Å². The van der Waals surface area contributed by atoms with E-state index in [1.807, 2.05) is 6.20 Å².